The molecule has 0 saturated carbocycles. The third-order valence-corrected chi connectivity index (χ3v) is 2.77. The van der Waals surface area contributed by atoms with Crippen LogP contribution in [0.4, 0.5) is 0 Å². The van der Waals surface area contributed by atoms with Gasteiger partial charge in [-0.2, -0.15) is 0 Å². The van der Waals surface area contributed by atoms with Crippen molar-refractivity contribution >= 4 is 5.91 Å². The van der Waals surface area contributed by atoms with Crippen LogP contribution in [0.1, 0.15) is 26.7 Å². The molecular weight excluding hydrogens is 204 g/mol. The minimum absolute atomic E-state index is 0.0979. The van der Waals surface area contributed by atoms with Crippen LogP contribution in [0.15, 0.2) is 0 Å². The minimum atomic E-state index is 0.0979. The lowest BCUT2D eigenvalue weighted by Gasteiger charge is -2.22. The van der Waals surface area contributed by atoms with Gasteiger partial charge in [0, 0.05) is 19.8 Å². The van der Waals surface area contributed by atoms with Gasteiger partial charge in [-0.3, -0.25) is 4.79 Å². The zero-order valence-electron chi connectivity index (χ0n) is 10.4. The van der Waals surface area contributed by atoms with Crippen LogP contribution in [0, 0.1) is 11.8 Å². The molecule has 4 heteroatoms. The van der Waals surface area contributed by atoms with Crippen LogP contribution in [0.25, 0.3) is 0 Å². The quantitative estimate of drug-likeness (QED) is 0.706. The maximum absolute atomic E-state index is 11.4. The Morgan fingerprint density at radius 3 is 2.69 bits per heavy atom. The summed E-state index contributed by atoms with van der Waals surface area (Å²) in [6, 6.07) is 0. The standard InChI is InChI=1S/C12H24N2O2/c1-10(2)7-14-12(15)9-13-8-11-3-5-16-6-4-11/h10-11,13H,3-9H2,1-2H3,(H,14,15). The van der Waals surface area contributed by atoms with E-state index >= 15 is 0 Å². The summed E-state index contributed by atoms with van der Waals surface area (Å²) < 4.78 is 5.28. The average Bonchev–Trinajstić information content (AvgIpc) is 2.28. The number of ether oxygens (including phenoxy) is 1. The van der Waals surface area contributed by atoms with Crippen molar-refractivity contribution in [2.75, 3.05) is 32.8 Å². The first-order chi connectivity index (χ1) is 7.68. The predicted molar refractivity (Wildman–Crippen MR) is 64.3 cm³/mol. The highest BCUT2D eigenvalue weighted by atomic mass is 16.5. The van der Waals surface area contributed by atoms with Crippen molar-refractivity contribution < 1.29 is 9.53 Å². The fourth-order valence-corrected chi connectivity index (χ4v) is 1.72. The SMILES string of the molecule is CC(C)CNC(=O)CNCC1CCOCC1. The molecular formula is C12H24N2O2. The highest BCUT2D eigenvalue weighted by Crippen LogP contribution is 2.12. The zero-order chi connectivity index (χ0) is 11.8. The number of carbonyl (C=O) groups excluding carboxylic acids is 1. The van der Waals surface area contributed by atoms with Gasteiger partial charge < -0.3 is 15.4 Å². The monoisotopic (exact) mass is 228 g/mol. The van der Waals surface area contributed by atoms with Crippen molar-refractivity contribution in [1.82, 2.24) is 10.6 Å². The van der Waals surface area contributed by atoms with Gasteiger partial charge in [-0.05, 0) is 31.2 Å². The Morgan fingerprint density at radius 2 is 2.06 bits per heavy atom. The maximum Gasteiger partial charge on any atom is 0.233 e. The summed E-state index contributed by atoms with van der Waals surface area (Å²) in [5, 5.41) is 6.10. The molecule has 1 fully saturated rings. The normalized spacial score (nSPS) is 17.7. The summed E-state index contributed by atoms with van der Waals surface area (Å²) in [5.74, 6) is 1.28. The fourth-order valence-electron chi connectivity index (χ4n) is 1.72. The highest BCUT2D eigenvalue weighted by molar-refractivity contribution is 5.77. The van der Waals surface area contributed by atoms with Crippen molar-refractivity contribution in [3.05, 3.63) is 0 Å². The third-order valence-electron chi connectivity index (χ3n) is 2.77. The summed E-state index contributed by atoms with van der Waals surface area (Å²) in [7, 11) is 0. The van der Waals surface area contributed by atoms with Gasteiger partial charge in [-0.1, -0.05) is 13.8 Å². The molecule has 1 amide bonds. The number of hydrogen-bond donors (Lipinski definition) is 2. The van der Waals surface area contributed by atoms with Crippen LogP contribution >= 0.6 is 0 Å². The molecule has 0 aliphatic carbocycles. The molecule has 0 unspecified atom stereocenters. The summed E-state index contributed by atoms with van der Waals surface area (Å²) >= 11 is 0. The second-order valence-electron chi connectivity index (χ2n) is 4.88. The number of amides is 1. The Morgan fingerprint density at radius 1 is 1.38 bits per heavy atom. The van der Waals surface area contributed by atoms with Crippen molar-refractivity contribution in [2.24, 2.45) is 11.8 Å². The first kappa shape index (κ1) is 13.5. The first-order valence-electron chi connectivity index (χ1n) is 6.23. The smallest absolute Gasteiger partial charge is 0.233 e. The van der Waals surface area contributed by atoms with Crippen molar-refractivity contribution in [2.45, 2.75) is 26.7 Å². The lowest BCUT2D eigenvalue weighted by atomic mass is 10.0. The lowest BCUT2D eigenvalue weighted by molar-refractivity contribution is -0.120. The Bertz CT molecular complexity index is 201. The van der Waals surface area contributed by atoms with E-state index in [1.165, 1.54) is 0 Å². The molecule has 1 heterocycles. The topological polar surface area (TPSA) is 50.4 Å². The van der Waals surface area contributed by atoms with E-state index in [9.17, 15) is 4.79 Å². The van der Waals surface area contributed by atoms with Crippen LogP contribution in [0.2, 0.25) is 0 Å². The molecule has 1 aliphatic heterocycles. The van der Waals surface area contributed by atoms with Gasteiger partial charge in [0.15, 0.2) is 0 Å². The molecule has 1 aliphatic rings. The second-order valence-corrected chi connectivity index (χ2v) is 4.88. The van der Waals surface area contributed by atoms with E-state index < -0.39 is 0 Å². The van der Waals surface area contributed by atoms with Gasteiger partial charge in [0.05, 0.1) is 6.54 Å². The number of rotatable bonds is 6. The molecule has 1 rings (SSSR count). The van der Waals surface area contributed by atoms with E-state index in [2.05, 4.69) is 24.5 Å². The average molecular weight is 228 g/mol. The summed E-state index contributed by atoms with van der Waals surface area (Å²) in [4.78, 5) is 11.4. The van der Waals surface area contributed by atoms with Gasteiger partial charge in [-0.15, -0.1) is 0 Å². The molecule has 4 nitrogen and oxygen atoms in total. The first-order valence-corrected chi connectivity index (χ1v) is 6.23. The molecule has 1 saturated heterocycles. The number of hydrogen-bond acceptors (Lipinski definition) is 3. The van der Waals surface area contributed by atoms with Crippen molar-refractivity contribution in [3.63, 3.8) is 0 Å². The third kappa shape index (κ3) is 6.08. The van der Waals surface area contributed by atoms with Gasteiger partial charge in [0.1, 0.15) is 0 Å². The summed E-state index contributed by atoms with van der Waals surface area (Å²) in [6.45, 7) is 8.05. The van der Waals surface area contributed by atoms with E-state index in [0.29, 0.717) is 18.4 Å². The van der Waals surface area contributed by atoms with Crippen molar-refractivity contribution in [1.29, 1.82) is 0 Å². The Kier molecular flexibility index (Phi) is 6.42. The van der Waals surface area contributed by atoms with Crippen LogP contribution in [0.3, 0.4) is 0 Å². The van der Waals surface area contributed by atoms with Gasteiger partial charge in [-0.25, -0.2) is 0 Å². The van der Waals surface area contributed by atoms with Crippen LogP contribution in [0.5, 0.6) is 0 Å². The molecule has 0 radical (unpaired) electrons. The zero-order valence-corrected chi connectivity index (χ0v) is 10.4. The lowest BCUT2D eigenvalue weighted by Crippen LogP contribution is -2.38. The summed E-state index contributed by atoms with van der Waals surface area (Å²) in [5.41, 5.74) is 0. The minimum Gasteiger partial charge on any atom is -0.381 e. The number of nitrogens with one attached hydrogen (secondary N) is 2. The Labute approximate surface area is 98.1 Å². The molecule has 0 spiro atoms. The van der Waals surface area contributed by atoms with Gasteiger partial charge >= 0.3 is 0 Å². The van der Waals surface area contributed by atoms with Crippen LogP contribution in [-0.4, -0.2) is 38.8 Å². The second kappa shape index (κ2) is 7.63. The van der Waals surface area contributed by atoms with E-state index in [-0.39, 0.29) is 5.91 Å². The maximum atomic E-state index is 11.4. The van der Waals surface area contributed by atoms with E-state index in [1.54, 1.807) is 0 Å². The van der Waals surface area contributed by atoms with Gasteiger partial charge in [0.2, 0.25) is 5.91 Å². The number of carbonyl (C=O) groups is 1. The molecule has 0 aromatic carbocycles. The largest absolute Gasteiger partial charge is 0.381 e. The fraction of sp³-hybridized carbons (Fsp3) is 0.917. The molecule has 0 bridgehead atoms. The van der Waals surface area contributed by atoms with Gasteiger partial charge in [0.25, 0.3) is 0 Å². The van der Waals surface area contributed by atoms with E-state index in [0.717, 1.165) is 39.1 Å². The predicted octanol–water partition coefficient (Wildman–Crippen LogP) is 0.775. The highest BCUT2D eigenvalue weighted by Gasteiger charge is 2.13. The van der Waals surface area contributed by atoms with Crippen LogP contribution in [-0.2, 0) is 9.53 Å². The molecule has 16 heavy (non-hydrogen) atoms. The molecule has 94 valence electrons. The summed E-state index contributed by atoms with van der Waals surface area (Å²) in [6.07, 6.45) is 2.22. The Balaban J connectivity index is 1.99. The van der Waals surface area contributed by atoms with Crippen molar-refractivity contribution in [3.8, 4) is 0 Å². The van der Waals surface area contributed by atoms with Crippen LogP contribution < -0.4 is 10.6 Å². The van der Waals surface area contributed by atoms with E-state index in [4.69, 9.17) is 4.74 Å². The molecule has 0 aromatic heterocycles. The molecule has 2 N–H and O–H groups in total. The molecule has 0 aromatic rings. The van der Waals surface area contributed by atoms with E-state index in [1.807, 2.05) is 0 Å². The molecule has 0 atom stereocenters. The Hall–Kier alpha value is -0.610.